The average Bonchev–Trinajstić information content (AvgIpc) is 3.09. The lowest BCUT2D eigenvalue weighted by Crippen LogP contribution is -2.32. The quantitative estimate of drug-likeness (QED) is 0.773. The van der Waals surface area contributed by atoms with E-state index in [-0.39, 0.29) is 17.6 Å². The van der Waals surface area contributed by atoms with Gasteiger partial charge >= 0.3 is 12.0 Å². The Bertz CT molecular complexity index is 528. The molecule has 1 aliphatic rings. The Morgan fingerprint density at radius 1 is 1.40 bits per heavy atom. The van der Waals surface area contributed by atoms with Crippen molar-refractivity contribution in [3.05, 3.63) is 29.3 Å². The number of benzene rings is 1. The van der Waals surface area contributed by atoms with E-state index in [0.29, 0.717) is 11.6 Å². The second-order valence-electron chi connectivity index (χ2n) is 5.29. The number of carboxylic acids is 1. The van der Waals surface area contributed by atoms with Gasteiger partial charge in [0.2, 0.25) is 0 Å². The number of carboxylic acid groups (broad SMARTS) is 1. The molecule has 20 heavy (non-hydrogen) atoms. The van der Waals surface area contributed by atoms with E-state index in [0.717, 1.165) is 24.8 Å². The van der Waals surface area contributed by atoms with Gasteiger partial charge in [0.05, 0.1) is 11.3 Å². The van der Waals surface area contributed by atoms with E-state index in [1.54, 1.807) is 19.1 Å². The summed E-state index contributed by atoms with van der Waals surface area (Å²) in [6.07, 6.45) is 3.25. The molecular formula is C15H20N2O3. The van der Waals surface area contributed by atoms with Gasteiger partial charge < -0.3 is 15.7 Å². The van der Waals surface area contributed by atoms with Crippen LogP contribution in [-0.2, 0) is 0 Å². The Hall–Kier alpha value is -2.04. The summed E-state index contributed by atoms with van der Waals surface area (Å²) in [4.78, 5) is 23.1. The Labute approximate surface area is 118 Å². The highest BCUT2D eigenvalue weighted by Crippen LogP contribution is 2.34. The second-order valence-corrected chi connectivity index (χ2v) is 5.29. The third-order valence-electron chi connectivity index (χ3n) is 3.64. The summed E-state index contributed by atoms with van der Waals surface area (Å²) in [6, 6.07) is 4.83. The summed E-state index contributed by atoms with van der Waals surface area (Å²) < 4.78 is 0. The van der Waals surface area contributed by atoms with E-state index in [2.05, 4.69) is 17.6 Å². The summed E-state index contributed by atoms with van der Waals surface area (Å²) >= 11 is 0. The van der Waals surface area contributed by atoms with Crippen LogP contribution in [0.2, 0.25) is 0 Å². The molecule has 108 valence electrons. The van der Waals surface area contributed by atoms with Crippen LogP contribution in [0.4, 0.5) is 10.5 Å². The normalized spacial score (nSPS) is 20.3. The molecule has 1 aliphatic carbocycles. The summed E-state index contributed by atoms with van der Waals surface area (Å²) in [7, 11) is 0. The van der Waals surface area contributed by atoms with Crippen molar-refractivity contribution < 1.29 is 14.7 Å². The number of carbonyl (C=O) groups is 2. The molecule has 3 N–H and O–H groups in total. The minimum Gasteiger partial charge on any atom is -0.478 e. The van der Waals surface area contributed by atoms with Gasteiger partial charge in [-0.3, -0.25) is 0 Å². The molecule has 0 saturated heterocycles. The number of hydrogen-bond acceptors (Lipinski definition) is 2. The van der Waals surface area contributed by atoms with Crippen LogP contribution in [0, 0.1) is 12.8 Å². The molecule has 5 heteroatoms. The number of hydrogen-bond donors (Lipinski definition) is 3. The van der Waals surface area contributed by atoms with E-state index < -0.39 is 5.97 Å². The smallest absolute Gasteiger partial charge is 0.337 e. The van der Waals surface area contributed by atoms with Crippen molar-refractivity contribution in [2.45, 2.75) is 39.2 Å². The molecule has 0 spiro atoms. The van der Waals surface area contributed by atoms with Crippen LogP contribution in [0.25, 0.3) is 0 Å². The van der Waals surface area contributed by atoms with Crippen LogP contribution in [0.1, 0.15) is 42.1 Å². The number of carbonyl (C=O) groups excluding carboxylic acids is 1. The topological polar surface area (TPSA) is 78.4 Å². The highest BCUT2D eigenvalue weighted by Gasteiger charge is 2.37. The Balaban J connectivity index is 2.00. The fourth-order valence-electron chi connectivity index (χ4n) is 2.44. The van der Waals surface area contributed by atoms with Crippen molar-refractivity contribution in [3.63, 3.8) is 0 Å². The fourth-order valence-corrected chi connectivity index (χ4v) is 2.44. The van der Waals surface area contributed by atoms with Gasteiger partial charge in [0.1, 0.15) is 0 Å². The van der Waals surface area contributed by atoms with Crippen LogP contribution < -0.4 is 10.6 Å². The first-order valence-corrected chi connectivity index (χ1v) is 6.93. The molecule has 0 bridgehead atoms. The Morgan fingerprint density at radius 2 is 2.15 bits per heavy atom. The second kappa shape index (κ2) is 5.94. The number of rotatable bonds is 5. The molecule has 2 unspecified atom stereocenters. The molecular weight excluding hydrogens is 256 g/mol. The molecule has 1 saturated carbocycles. The summed E-state index contributed by atoms with van der Waals surface area (Å²) in [5.41, 5.74) is 1.22. The molecule has 0 aromatic heterocycles. The van der Waals surface area contributed by atoms with Crippen molar-refractivity contribution >= 4 is 17.7 Å². The maximum absolute atomic E-state index is 11.9. The number of aryl methyl sites for hydroxylation is 1. The molecule has 2 atom stereocenters. The first-order chi connectivity index (χ1) is 9.52. The molecule has 2 amide bonds. The van der Waals surface area contributed by atoms with E-state index in [1.807, 2.05) is 0 Å². The molecule has 1 fully saturated rings. The van der Waals surface area contributed by atoms with Gasteiger partial charge in [-0.15, -0.1) is 0 Å². The van der Waals surface area contributed by atoms with Gasteiger partial charge in [0.25, 0.3) is 0 Å². The average molecular weight is 276 g/mol. The van der Waals surface area contributed by atoms with Crippen LogP contribution in [0.5, 0.6) is 0 Å². The van der Waals surface area contributed by atoms with Gasteiger partial charge in [-0.25, -0.2) is 9.59 Å². The lowest BCUT2D eigenvalue weighted by molar-refractivity contribution is 0.0698. The summed E-state index contributed by atoms with van der Waals surface area (Å²) in [6.45, 7) is 3.90. The predicted octanol–water partition coefficient (Wildman–Crippen LogP) is 3.00. The number of para-hydroxylation sites is 1. The third-order valence-corrected chi connectivity index (χ3v) is 3.64. The zero-order valence-corrected chi connectivity index (χ0v) is 11.8. The van der Waals surface area contributed by atoms with Crippen LogP contribution in [-0.4, -0.2) is 23.1 Å². The van der Waals surface area contributed by atoms with Crippen LogP contribution >= 0.6 is 0 Å². The number of urea groups is 1. The number of anilines is 1. The molecule has 0 radical (unpaired) electrons. The van der Waals surface area contributed by atoms with Crippen molar-refractivity contribution in [1.82, 2.24) is 5.32 Å². The molecule has 1 aromatic carbocycles. The minimum atomic E-state index is -1.04. The summed E-state index contributed by atoms with van der Waals surface area (Å²) in [5.74, 6) is -0.471. The van der Waals surface area contributed by atoms with Gasteiger partial charge in [-0.2, -0.15) is 0 Å². The first-order valence-electron chi connectivity index (χ1n) is 6.93. The number of aromatic carboxylic acids is 1. The highest BCUT2D eigenvalue weighted by atomic mass is 16.4. The fraction of sp³-hybridized carbons (Fsp3) is 0.467. The van der Waals surface area contributed by atoms with Gasteiger partial charge in [-0.05, 0) is 37.3 Å². The SMILES string of the molecule is CCCC1CC1NC(=O)Nc1c(C)cccc1C(=O)O. The zero-order chi connectivity index (χ0) is 14.7. The van der Waals surface area contributed by atoms with Crippen molar-refractivity contribution in [2.75, 3.05) is 5.32 Å². The van der Waals surface area contributed by atoms with E-state index >= 15 is 0 Å². The highest BCUT2D eigenvalue weighted by molar-refractivity contribution is 6.01. The molecule has 0 aliphatic heterocycles. The lowest BCUT2D eigenvalue weighted by atomic mass is 10.1. The predicted molar refractivity (Wildman–Crippen MR) is 77.1 cm³/mol. The Kier molecular flexibility index (Phi) is 4.27. The molecule has 0 heterocycles. The third kappa shape index (κ3) is 3.29. The van der Waals surface area contributed by atoms with Gasteiger partial charge in [-0.1, -0.05) is 25.5 Å². The number of amides is 2. The maximum atomic E-state index is 11.9. The van der Waals surface area contributed by atoms with Gasteiger partial charge in [0.15, 0.2) is 0 Å². The van der Waals surface area contributed by atoms with E-state index in [4.69, 9.17) is 5.11 Å². The largest absolute Gasteiger partial charge is 0.478 e. The molecule has 2 rings (SSSR count). The molecule has 1 aromatic rings. The standard InChI is InChI=1S/C15H20N2O3/c1-3-5-10-8-12(10)16-15(20)17-13-9(2)6-4-7-11(13)14(18)19/h4,6-7,10,12H,3,5,8H2,1-2H3,(H,18,19)(H2,16,17,20). The van der Waals surface area contributed by atoms with Crippen LogP contribution in [0.15, 0.2) is 18.2 Å². The molecule has 5 nitrogen and oxygen atoms in total. The van der Waals surface area contributed by atoms with Crippen LogP contribution in [0.3, 0.4) is 0 Å². The minimum absolute atomic E-state index is 0.112. The first kappa shape index (κ1) is 14.4. The maximum Gasteiger partial charge on any atom is 0.337 e. The van der Waals surface area contributed by atoms with E-state index in [9.17, 15) is 9.59 Å². The Morgan fingerprint density at radius 3 is 2.80 bits per heavy atom. The summed E-state index contributed by atoms with van der Waals surface area (Å²) in [5, 5.41) is 14.7. The monoisotopic (exact) mass is 276 g/mol. The van der Waals surface area contributed by atoms with Gasteiger partial charge in [0, 0.05) is 6.04 Å². The zero-order valence-electron chi connectivity index (χ0n) is 11.8. The van der Waals surface area contributed by atoms with Crippen molar-refractivity contribution in [1.29, 1.82) is 0 Å². The van der Waals surface area contributed by atoms with E-state index in [1.165, 1.54) is 6.07 Å². The lowest BCUT2D eigenvalue weighted by Gasteiger charge is -2.12. The van der Waals surface area contributed by atoms with Crippen molar-refractivity contribution in [2.24, 2.45) is 5.92 Å². The van der Waals surface area contributed by atoms with Crippen molar-refractivity contribution in [3.8, 4) is 0 Å². The number of nitrogens with one attached hydrogen (secondary N) is 2.